The molecular formula is C19H30N6. The highest BCUT2D eigenvalue weighted by Gasteiger charge is 2.29. The molecule has 2 aliphatic rings. The van der Waals surface area contributed by atoms with Crippen LogP contribution in [0, 0.1) is 0 Å². The Balaban J connectivity index is 1.45. The topological polar surface area (TPSA) is 51.8 Å². The van der Waals surface area contributed by atoms with Crippen LogP contribution >= 0.6 is 0 Å². The minimum Gasteiger partial charge on any atom is -0.330 e. The molecule has 1 aliphatic carbocycles. The lowest BCUT2D eigenvalue weighted by Gasteiger charge is -2.37. The van der Waals surface area contributed by atoms with Gasteiger partial charge >= 0.3 is 0 Å². The standard InChI is InChI=1S/C19H30N6/c1-23-18(14-24-12-10-20-15-24)21-22-19(23)16-7-6-11-25(13-16)17-8-4-2-3-5-9-17/h10,12,15-17H,2-9,11,13-14H2,1H3/t16-/m1/s1. The molecule has 0 unspecified atom stereocenters. The van der Waals surface area contributed by atoms with Crippen LogP contribution < -0.4 is 0 Å². The van der Waals surface area contributed by atoms with Crippen LogP contribution in [0.25, 0.3) is 0 Å². The Hall–Kier alpha value is -1.69. The first-order valence-electron chi connectivity index (χ1n) is 9.89. The molecule has 0 radical (unpaired) electrons. The predicted octanol–water partition coefficient (Wildman–Crippen LogP) is 2.96. The number of rotatable bonds is 4. The first kappa shape index (κ1) is 16.8. The van der Waals surface area contributed by atoms with Crippen LogP contribution in [0.15, 0.2) is 18.7 Å². The quantitative estimate of drug-likeness (QED) is 0.802. The van der Waals surface area contributed by atoms with E-state index in [2.05, 4.69) is 31.7 Å². The summed E-state index contributed by atoms with van der Waals surface area (Å²) in [6.45, 7) is 3.16. The van der Waals surface area contributed by atoms with Crippen LogP contribution in [0.2, 0.25) is 0 Å². The van der Waals surface area contributed by atoms with Gasteiger partial charge in [-0.3, -0.25) is 4.90 Å². The molecule has 0 aromatic carbocycles. The molecule has 0 N–H and O–H groups in total. The number of imidazole rings is 1. The Kier molecular flexibility index (Phi) is 5.15. The van der Waals surface area contributed by atoms with E-state index in [4.69, 9.17) is 0 Å². The Morgan fingerprint density at radius 1 is 1.04 bits per heavy atom. The summed E-state index contributed by atoms with van der Waals surface area (Å²) in [4.78, 5) is 6.87. The average molecular weight is 342 g/mol. The molecule has 6 nitrogen and oxygen atoms in total. The van der Waals surface area contributed by atoms with Crippen molar-refractivity contribution in [2.75, 3.05) is 13.1 Å². The lowest BCUT2D eigenvalue weighted by molar-refractivity contribution is 0.132. The minimum atomic E-state index is 0.519. The van der Waals surface area contributed by atoms with E-state index in [0.717, 1.165) is 30.8 Å². The van der Waals surface area contributed by atoms with Crippen LogP contribution in [-0.2, 0) is 13.6 Å². The van der Waals surface area contributed by atoms with E-state index in [0.29, 0.717) is 5.92 Å². The number of aromatic nitrogens is 5. The van der Waals surface area contributed by atoms with Crippen LogP contribution in [0.3, 0.4) is 0 Å². The summed E-state index contributed by atoms with van der Waals surface area (Å²) in [7, 11) is 2.12. The first-order chi connectivity index (χ1) is 12.3. The molecule has 0 amide bonds. The van der Waals surface area contributed by atoms with Gasteiger partial charge in [-0.15, -0.1) is 10.2 Å². The van der Waals surface area contributed by atoms with Crippen molar-refractivity contribution in [2.45, 2.75) is 69.9 Å². The summed E-state index contributed by atoms with van der Waals surface area (Å²) in [6, 6.07) is 0.795. The molecule has 136 valence electrons. The van der Waals surface area contributed by atoms with Crippen molar-refractivity contribution < 1.29 is 0 Å². The van der Waals surface area contributed by atoms with Crippen molar-refractivity contribution in [3.63, 3.8) is 0 Å². The van der Waals surface area contributed by atoms with Gasteiger partial charge in [0.25, 0.3) is 0 Å². The van der Waals surface area contributed by atoms with E-state index in [1.165, 1.54) is 57.9 Å². The molecule has 25 heavy (non-hydrogen) atoms. The highest BCUT2D eigenvalue weighted by atomic mass is 15.3. The van der Waals surface area contributed by atoms with Crippen molar-refractivity contribution in [1.29, 1.82) is 0 Å². The minimum absolute atomic E-state index is 0.519. The van der Waals surface area contributed by atoms with E-state index >= 15 is 0 Å². The van der Waals surface area contributed by atoms with Crippen LogP contribution in [-0.4, -0.2) is 48.3 Å². The van der Waals surface area contributed by atoms with E-state index in [9.17, 15) is 0 Å². The first-order valence-corrected chi connectivity index (χ1v) is 9.89. The molecule has 2 fully saturated rings. The normalized spacial score (nSPS) is 23.6. The Labute approximate surface area is 150 Å². The molecule has 2 aromatic rings. The number of hydrogen-bond donors (Lipinski definition) is 0. The van der Waals surface area contributed by atoms with Gasteiger partial charge in [0.15, 0.2) is 5.82 Å². The molecule has 1 atom stereocenters. The fourth-order valence-electron chi connectivity index (χ4n) is 4.58. The van der Waals surface area contributed by atoms with Gasteiger partial charge in [0.05, 0.1) is 12.9 Å². The molecule has 1 saturated carbocycles. The predicted molar refractivity (Wildman–Crippen MR) is 97.4 cm³/mol. The van der Waals surface area contributed by atoms with Gasteiger partial charge in [-0.05, 0) is 32.2 Å². The van der Waals surface area contributed by atoms with Crippen LogP contribution in [0.4, 0.5) is 0 Å². The van der Waals surface area contributed by atoms with E-state index in [1.807, 2.05) is 23.3 Å². The van der Waals surface area contributed by atoms with Crippen LogP contribution in [0.5, 0.6) is 0 Å². The van der Waals surface area contributed by atoms with Gasteiger partial charge in [0, 0.05) is 37.9 Å². The smallest absolute Gasteiger partial charge is 0.152 e. The molecule has 6 heteroatoms. The molecule has 3 heterocycles. The second-order valence-electron chi connectivity index (χ2n) is 7.75. The van der Waals surface area contributed by atoms with E-state index in [-0.39, 0.29) is 0 Å². The second-order valence-corrected chi connectivity index (χ2v) is 7.75. The zero-order valence-corrected chi connectivity index (χ0v) is 15.3. The van der Waals surface area contributed by atoms with Gasteiger partial charge in [-0.25, -0.2) is 4.98 Å². The van der Waals surface area contributed by atoms with Crippen molar-refractivity contribution in [3.05, 3.63) is 30.4 Å². The number of likely N-dealkylation sites (tertiary alicyclic amines) is 1. The summed E-state index contributed by atoms with van der Waals surface area (Å²) in [5, 5.41) is 9.03. The van der Waals surface area contributed by atoms with Gasteiger partial charge < -0.3 is 9.13 Å². The summed E-state index contributed by atoms with van der Waals surface area (Å²) < 4.78 is 4.26. The van der Waals surface area contributed by atoms with Crippen molar-refractivity contribution in [2.24, 2.45) is 7.05 Å². The lowest BCUT2D eigenvalue weighted by Crippen LogP contribution is -2.42. The van der Waals surface area contributed by atoms with E-state index in [1.54, 1.807) is 0 Å². The monoisotopic (exact) mass is 342 g/mol. The summed E-state index contributed by atoms with van der Waals surface area (Å²) >= 11 is 0. The Bertz CT molecular complexity index is 654. The Morgan fingerprint density at radius 2 is 1.88 bits per heavy atom. The largest absolute Gasteiger partial charge is 0.330 e. The fourth-order valence-corrected chi connectivity index (χ4v) is 4.58. The number of piperidine rings is 1. The van der Waals surface area contributed by atoms with Gasteiger partial charge in [-0.1, -0.05) is 25.7 Å². The van der Waals surface area contributed by atoms with Gasteiger partial charge in [0.2, 0.25) is 0 Å². The lowest BCUT2D eigenvalue weighted by atomic mass is 9.94. The molecule has 1 saturated heterocycles. The molecule has 0 spiro atoms. The maximum Gasteiger partial charge on any atom is 0.152 e. The third-order valence-electron chi connectivity index (χ3n) is 6.04. The number of hydrogen-bond acceptors (Lipinski definition) is 4. The SMILES string of the molecule is Cn1c(Cn2ccnc2)nnc1[C@@H]1CCCN(C2CCCCCC2)C1. The maximum absolute atomic E-state index is 4.57. The maximum atomic E-state index is 4.57. The van der Waals surface area contributed by atoms with E-state index < -0.39 is 0 Å². The zero-order valence-electron chi connectivity index (χ0n) is 15.3. The van der Waals surface area contributed by atoms with Gasteiger partial charge in [-0.2, -0.15) is 0 Å². The third kappa shape index (κ3) is 3.78. The Morgan fingerprint density at radius 3 is 2.64 bits per heavy atom. The molecule has 2 aromatic heterocycles. The molecule has 1 aliphatic heterocycles. The second kappa shape index (κ2) is 7.68. The third-order valence-corrected chi connectivity index (χ3v) is 6.04. The highest BCUT2D eigenvalue weighted by molar-refractivity contribution is 5.05. The molecule has 4 rings (SSSR count). The van der Waals surface area contributed by atoms with Crippen LogP contribution in [0.1, 0.15) is 68.9 Å². The zero-order chi connectivity index (χ0) is 17.1. The van der Waals surface area contributed by atoms with Gasteiger partial charge in [0.1, 0.15) is 5.82 Å². The van der Waals surface area contributed by atoms with Crippen molar-refractivity contribution >= 4 is 0 Å². The number of nitrogens with zero attached hydrogens (tertiary/aromatic N) is 6. The molecular weight excluding hydrogens is 312 g/mol. The van der Waals surface area contributed by atoms with Crippen molar-refractivity contribution in [3.8, 4) is 0 Å². The highest BCUT2D eigenvalue weighted by Crippen LogP contribution is 2.30. The summed E-state index contributed by atoms with van der Waals surface area (Å²) in [5.74, 6) is 2.69. The average Bonchev–Trinajstić information content (AvgIpc) is 3.18. The summed E-state index contributed by atoms with van der Waals surface area (Å²) in [6.07, 6.45) is 16.6. The summed E-state index contributed by atoms with van der Waals surface area (Å²) in [5.41, 5.74) is 0. The fraction of sp³-hybridized carbons (Fsp3) is 0.737. The van der Waals surface area contributed by atoms with Crippen molar-refractivity contribution in [1.82, 2.24) is 29.2 Å². The molecule has 0 bridgehead atoms.